The van der Waals surface area contributed by atoms with Crippen molar-refractivity contribution in [3.63, 3.8) is 0 Å². The number of likely N-dealkylation sites (tertiary alicyclic amines) is 2. The van der Waals surface area contributed by atoms with Crippen LogP contribution >= 0.6 is 0 Å². The summed E-state index contributed by atoms with van der Waals surface area (Å²) in [6, 6.07) is 22.5. The predicted octanol–water partition coefficient (Wildman–Crippen LogP) is 9.52. The molecule has 6 rings (SSSR count). The molecule has 0 aliphatic carbocycles. The zero-order chi connectivity index (χ0) is 53.4. The summed E-state index contributed by atoms with van der Waals surface area (Å²) in [6.45, 7) is 14.7. The molecule has 2 aliphatic heterocycles. The number of carbonyl (C=O) groups excluding carboxylic acids is 2. The first-order chi connectivity index (χ1) is 32.7. The van der Waals surface area contributed by atoms with Crippen molar-refractivity contribution in [1.29, 1.82) is 0 Å². The summed E-state index contributed by atoms with van der Waals surface area (Å²) < 4.78 is 164. The first-order valence-electron chi connectivity index (χ1n) is 22.4. The molecule has 0 bridgehead atoms. The van der Waals surface area contributed by atoms with Crippen LogP contribution in [-0.4, -0.2) is 107 Å². The van der Waals surface area contributed by atoms with Crippen molar-refractivity contribution in [3.05, 3.63) is 121 Å². The number of piperidine rings is 2. The van der Waals surface area contributed by atoms with E-state index < -0.39 is 98.5 Å². The molecular weight excluding hydrogens is 1010 g/mol. The van der Waals surface area contributed by atoms with E-state index in [1.54, 1.807) is 32.6 Å². The Morgan fingerprint density at radius 1 is 0.563 bits per heavy atom. The number of rotatable bonds is 10. The van der Waals surface area contributed by atoms with Gasteiger partial charge >= 0.3 is 12.2 Å². The predicted molar refractivity (Wildman–Crippen MR) is 257 cm³/mol. The molecule has 4 aromatic carbocycles. The summed E-state index contributed by atoms with van der Waals surface area (Å²) in [4.78, 5) is 26.0. The van der Waals surface area contributed by atoms with Gasteiger partial charge in [0.1, 0.15) is 22.8 Å². The van der Waals surface area contributed by atoms with Crippen molar-refractivity contribution < 1.29 is 70.4 Å². The maximum absolute atomic E-state index is 15.3. The largest absolute Gasteiger partial charge is 0.444 e. The molecule has 2 unspecified atom stereocenters. The molecule has 2 aliphatic rings. The number of carbonyl (C=O) groups is 2. The summed E-state index contributed by atoms with van der Waals surface area (Å²) in [5, 5.41) is -3.18. The molecule has 0 N–H and O–H groups in total. The zero-order valence-electron chi connectivity index (χ0n) is 40.7. The van der Waals surface area contributed by atoms with E-state index in [1.165, 1.54) is 71.6 Å². The molecule has 2 heterocycles. The van der Waals surface area contributed by atoms with E-state index in [4.69, 9.17) is 9.47 Å². The molecule has 392 valence electrons. The standard InChI is InChI=1S/C18H25F2NO4S.C18H26FNO4S.C12H10FNO4S2/c1-17(2,3)25-16(22)21-10-8-13(9-11-21)18(4,20)26(23,24)15-7-5-6-14(19)12-15;1-13(25(22,23)16-7-5-6-15(19)12-16)14-8-10-20(11-9-14)17(21)24-18(2,3)4;13-14(19(15,16)11-7-3-1-4-8-11)20(17,18)12-9-5-2-6-10-12/h5-7,12-13H,8-11H2,1-4H3;5-7,12-14H,8-11H2,1-4H3;1-10H. The van der Waals surface area contributed by atoms with Gasteiger partial charge in [-0.15, -0.1) is 4.48 Å². The summed E-state index contributed by atoms with van der Waals surface area (Å²) in [5.41, 5.74) is -1.19. The van der Waals surface area contributed by atoms with Crippen molar-refractivity contribution in [2.45, 2.75) is 122 Å². The van der Waals surface area contributed by atoms with Gasteiger partial charge in [-0.05, 0) is 148 Å². The van der Waals surface area contributed by atoms with Gasteiger partial charge in [0.05, 0.1) is 28.8 Å². The molecule has 0 radical (unpaired) electrons. The third-order valence-corrected chi connectivity index (χ3v) is 19.6. The number of sulfone groups is 2. The van der Waals surface area contributed by atoms with E-state index in [1.807, 2.05) is 20.8 Å². The fraction of sp³-hybridized carbons (Fsp3) is 0.458. The normalized spacial score (nSPS) is 16.9. The van der Waals surface area contributed by atoms with Crippen molar-refractivity contribution >= 4 is 51.9 Å². The molecular formula is C48H61F4N3O12S4. The van der Waals surface area contributed by atoms with Crippen LogP contribution in [-0.2, 0) is 49.2 Å². The summed E-state index contributed by atoms with van der Waals surface area (Å²) in [5.74, 6) is -2.17. The van der Waals surface area contributed by atoms with Gasteiger partial charge in [-0.3, -0.25) is 0 Å². The minimum atomic E-state index is -4.77. The minimum Gasteiger partial charge on any atom is -0.444 e. The van der Waals surface area contributed by atoms with Crippen molar-refractivity contribution in [1.82, 2.24) is 13.7 Å². The minimum absolute atomic E-state index is 0.00886. The van der Waals surface area contributed by atoms with Crippen molar-refractivity contribution in [3.8, 4) is 0 Å². The third-order valence-electron chi connectivity index (χ3n) is 11.4. The van der Waals surface area contributed by atoms with E-state index >= 15 is 4.39 Å². The second-order valence-corrected chi connectivity index (χ2v) is 27.3. The topological polar surface area (TPSA) is 199 Å². The number of nitrogens with zero attached hydrogens (tertiary/aromatic N) is 3. The lowest BCUT2D eigenvalue weighted by atomic mass is 9.92. The van der Waals surface area contributed by atoms with E-state index in [2.05, 4.69) is 0 Å². The van der Waals surface area contributed by atoms with E-state index in [-0.39, 0.29) is 47.7 Å². The molecule has 4 aromatic rings. The SMILES string of the molecule is CC(C)(C)OC(=O)N1CCC(C(C)(F)S(=O)(=O)c2cccc(F)c2)CC1.CC(C1CCN(C(=O)OC(C)(C)C)CC1)S(=O)(=O)c1cccc(F)c1.O=S(=O)(c1ccccc1)N(F)S(=O)(=O)c1ccccc1. The molecule has 2 amide bonds. The fourth-order valence-corrected chi connectivity index (χ4v) is 13.8. The summed E-state index contributed by atoms with van der Waals surface area (Å²) >= 11 is 0. The Balaban J connectivity index is 0.000000233. The maximum Gasteiger partial charge on any atom is 0.410 e. The second kappa shape index (κ2) is 23.2. The Morgan fingerprint density at radius 3 is 1.30 bits per heavy atom. The van der Waals surface area contributed by atoms with Gasteiger partial charge in [-0.1, -0.05) is 48.5 Å². The lowest BCUT2D eigenvalue weighted by Gasteiger charge is -2.38. The highest BCUT2D eigenvalue weighted by atomic mass is 32.3. The number of benzene rings is 4. The number of ether oxygens (including phenoxy) is 2. The Morgan fingerprint density at radius 2 is 0.915 bits per heavy atom. The van der Waals surface area contributed by atoms with Crippen LogP contribution in [0.2, 0.25) is 0 Å². The second-order valence-electron chi connectivity index (χ2n) is 19.0. The van der Waals surface area contributed by atoms with Crippen LogP contribution in [0.5, 0.6) is 0 Å². The zero-order valence-corrected chi connectivity index (χ0v) is 43.9. The lowest BCUT2D eigenvalue weighted by Crippen LogP contribution is -2.48. The molecule has 2 atom stereocenters. The van der Waals surface area contributed by atoms with Crippen LogP contribution < -0.4 is 0 Å². The van der Waals surface area contributed by atoms with Gasteiger partial charge in [0.15, 0.2) is 9.84 Å². The first-order valence-corrected chi connectivity index (χ1v) is 28.3. The van der Waals surface area contributed by atoms with E-state index in [9.17, 15) is 56.5 Å². The molecule has 23 heteroatoms. The van der Waals surface area contributed by atoms with Gasteiger partial charge in [0.25, 0.3) is 20.0 Å². The van der Waals surface area contributed by atoms with Gasteiger partial charge in [0, 0.05) is 32.1 Å². The average Bonchev–Trinajstić information content (AvgIpc) is 3.31. The lowest BCUT2D eigenvalue weighted by molar-refractivity contribution is 0.0128. The molecule has 0 saturated carbocycles. The van der Waals surface area contributed by atoms with E-state index in [0.29, 0.717) is 25.9 Å². The highest BCUT2D eigenvalue weighted by molar-refractivity contribution is 8.03. The number of hydrogen-bond donors (Lipinski definition) is 0. The van der Waals surface area contributed by atoms with Crippen LogP contribution in [0.3, 0.4) is 0 Å². The molecule has 15 nitrogen and oxygen atoms in total. The summed E-state index contributed by atoms with van der Waals surface area (Å²) in [6.07, 6.45) is 0.655. The van der Waals surface area contributed by atoms with Gasteiger partial charge in [-0.2, -0.15) is 0 Å². The number of amides is 2. The number of halogens is 4. The fourth-order valence-electron chi connectivity index (χ4n) is 7.46. The van der Waals surface area contributed by atoms with Gasteiger partial charge in [0.2, 0.25) is 14.8 Å². The maximum atomic E-state index is 15.3. The summed E-state index contributed by atoms with van der Waals surface area (Å²) in [7, 11) is -17.5. The Hall–Kier alpha value is -5.10. The quantitative estimate of drug-likeness (QED) is 0.108. The van der Waals surface area contributed by atoms with Crippen LogP contribution in [0.1, 0.15) is 81.1 Å². The molecule has 2 saturated heterocycles. The Kier molecular flexibility index (Phi) is 19.1. The molecule has 0 spiro atoms. The highest BCUT2D eigenvalue weighted by Gasteiger charge is 2.49. The Bertz CT molecular complexity index is 2830. The van der Waals surface area contributed by atoms with Crippen LogP contribution in [0.15, 0.2) is 129 Å². The number of alkyl halides is 1. The monoisotopic (exact) mass is 1080 g/mol. The third kappa shape index (κ3) is 15.2. The molecule has 2 fully saturated rings. The smallest absolute Gasteiger partial charge is 0.410 e. The van der Waals surface area contributed by atoms with Gasteiger partial charge in [-0.25, -0.2) is 56.4 Å². The highest BCUT2D eigenvalue weighted by Crippen LogP contribution is 2.40. The Labute approximate surface area is 415 Å². The van der Waals surface area contributed by atoms with Crippen LogP contribution in [0, 0.1) is 23.5 Å². The van der Waals surface area contributed by atoms with Crippen LogP contribution in [0.4, 0.5) is 27.2 Å². The van der Waals surface area contributed by atoms with E-state index in [0.717, 1.165) is 49.4 Å². The van der Waals surface area contributed by atoms with Crippen LogP contribution in [0.25, 0.3) is 0 Å². The molecule has 0 aromatic heterocycles. The first kappa shape index (κ1) is 58.5. The number of sulfonamides is 2. The molecule has 71 heavy (non-hydrogen) atoms. The van der Waals surface area contributed by atoms with Crippen molar-refractivity contribution in [2.24, 2.45) is 11.8 Å². The van der Waals surface area contributed by atoms with Crippen molar-refractivity contribution in [2.75, 3.05) is 26.2 Å². The number of hydrogen-bond acceptors (Lipinski definition) is 12. The van der Waals surface area contributed by atoms with Gasteiger partial charge < -0.3 is 19.3 Å². The average molecular weight is 1080 g/mol.